The smallest absolute Gasteiger partial charge is 0.321 e. The van der Waals surface area contributed by atoms with E-state index < -0.39 is 0 Å². The number of nitrogens with zero attached hydrogens (tertiary/aromatic N) is 3. The number of anilines is 1. The van der Waals surface area contributed by atoms with Crippen molar-refractivity contribution in [2.45, 2.75) is 31.6 Å². The molecule has 2 amide bonds. The number of aromatic nitrogens is 2. The fourth-order valence-electron chi connectivity index (χ4n) is 3.06. The molecule has 1 atom stereocenters. The fraction of sp³-hybridized carbons (Fsp3) is 0.471. The second-order valence-corrected chi connectivity index (χ2v) is 6.57. The van der Waals surface area contributed by atoms with E-state index >= 15 is 0 Å². The van der Waals surface area contributed by atoms with Crippen LogP contribution in [-0.2, 0) is 6.42 Å². The van der Waals surface area contributed by atoms with Crippen LogP contribution in [0.1, 0.15) is 36.9 Å². The second kappa shape index (κ2) is 6.22. The standard InChI is InChI=1S/C17H19FN4O2/c18-13-2-1-3-14(9-13)19-17(23)22-7-6-11(10-22)8-15-20-16(24-21-15)12-4-5-12/h1-3,9,11-12H,4-8,10H2,(H,19,23). The van der Waals surface area contributed by atoms with Gasteiger partial charge < -0.3 is 14.7 Å². The molecule has 2 fully saturated rings. The van der Waals surface area contributed by atoms with E-state index in [0.29, 0.717) is 30.6 Å². The van der Waals surface area contributed by atoms with E-state index in [2.05, 4.69) is 15.5 Å². The van der Waals surface area contributed by atoms with Crippen molar-refractivity contribution in [1.29, 1.82) is 0 Å². The van der Waals surface area contributed by atoms with E-state index in [9.17, 15) is 9.18 Å². The molecule has 126 valence electrons. The molecule has 1 saturated carbocycles. The highest BCUT2D eigenvalue weighted by molar-refractivity contribution is 5.89. The number of rotatable bonds is 4. The van der Waals surface area contributed by atoms with Crippen LogP contribution in [0.15, 0.2) is 28.8 Å². The molecule has 2 aliphatic rings. The molecule has 1 aromatic carbocycles. The Kier molecular flexibility index (Phi) is 3.92. The summed E-state index contributed by atoms with van der Waals surface area (Å²) >= 11 is 0. The minimum atomic E-state index is -0.365. The second-order valence-electron chi connectivity index (χ2n) is 6.57. The largest absolute Gasteiger partial charge is 0.339 e. The average Bonchev–Trinajstić information content (AvgIpc) is 3.12. The van der Waals surface area contributed by atoms with E-state index in [0.717, 1.165) is 37.4 Å². The van der Waals surface area contributed by atoms with Crippen LogP contribution in [0, 0.1) is 11.7 Å². The van der Waals surface area contributed by atoms with Gasteiger partial charge in [-0.25, -0.2) is 9.18 Å². The van der Waals surface area contributed by atoms with Gasteiger partial charge >= 0.3 is 6.03 Å². The van der Waals surface area contributed by atoms with Crippen LogP contribution in [0.25, 0.3) is 0 Å². The van der Waals surface area contributed by atoms with Crippen molar-refractivity contribution in [2.75, 3.05) is 18.4 Å². The molecule has 1 unspecified atom stereocenters. The molecule has 6 nitrogen and oxygen atoms in total. The molecule has 1 aliphatic heterocycles. The van der Waals surface area contributed by atoms with Crippen LogP contribution in [-0.4, -0.2) is 34.2 Å². The van der Waals surface area contributed by atoms with Crippen LogP contribution in [0.3, 0.4) is 0 Å². The van der Waals surface area contributed by atoms with Gasteiger partial charge in [0.25, 0.3) is 0 Å². The maximum absolute atomic E-state index is 13.2. The van der Waals surface area contributed by atoms with Gasteiger partial charge in [0.15, 0.2) is 5.82 Å². The average molecular weight is 330 g/mol. The van der Waals surface area contributed by atoms with Gasteiger partial charge in [-0.2, -0.15) is 4.98 Å². The maximum Gasteiger partial charge on any atom is 0.321 e. The topological polar surface area (TPSA) is 71.3 Å². The highest BCUT2D eigenvalue weighted by Gasteiger charge is 2.31. The third-order valence-corrected chi connectivity index (χ3v) is 4.53. The van der Waals surface area contributed by atoms with Gasteiger partial charge in [-0.15, -0.1) is 0 Å². The summed E-state index contributed by atoms with van der Waals surface area (Å²) in [6, 6.07) is 5.71. The first-order valence-electron chi connectivity index (χ1n) is 8.31. The monoisotopic (exact) mass is 330 g/mol. The van der Waals surface area contributed by atoms with Gasteiger partial charge in [0.1, 0.15) is 5.82 Å². The molecule has 0 spiro atoms. The van der Waals surface area contributed by atoms with E-state index in [1.54, 1.807) is 17.0 Å². The number of carbonyl (C=O) groups excluding carboxylic acids is 1. The Bertz CT molecular complexity index is 744. The molecule has 24 heavy (non-hydrogen) atoms. The lowest BCUT2D eigenvalue weighted by Crippen LogP contribution is -2.33. The number of amides is 2. The number of carbonyl (C=O) groups is 1. The van der Waals surface area contributed by atoms with Gasteiger partial charge in [0.05, 0.1) is 0 Å². The third-order valence-electron chi connectivity index (χ3n) is 4.53. The number of hydrogen-bond acceptors (Lipinski definition) is 4. The van der Waals surface area contributed by atoms with Crippen molar-refractivity contribution >= 4 is 11.7 Å². The first kappa shape index (κ1) is 15.1. The van der Waals surface area contributed by atoms with Gasteiger partial charge in [-0.3, -0.25) is 0 Å². The quantitative estimate of drug-likeness (QED) is 0.934. The van der Waals surface area contributed by atoms with Crippen molar-refractivity contribution in [3.63, 3.8) is 0 Å². The van der Waals surface area contributed by atoms with Crippen LogP contribution in [0.5, 0.6) is 0 Å². The highest BCUT2D eigenvalue weighted by atomic mass is 19.1. The van der Waals surface area contributed by atoms with E-state index in [1.165, 1.54) is 12.1 Å². The van der Waals surface area contributed by atoms with Gasteiger partial charge in [-0.05, 0) is 43.4 Å². The maximum atomic E-state index is 13.2. The molecule has 2 heterocycles. The zero-order valence-corrected chi connectivity index (χ0v) is 13.2. The predicted molar refractivity (Wildman–Crippen MR) is 85.1 cm³/mol. The van der Waals surface area contributed by atoms with Crippen molar-refractivity contribution in [1.82, 2.24) is 15.0 Å². The summed E-state index contributed by atoms with van der Waals surface area (Å²) in [5.74, 6) is 1.91. The Morgan fingerprint density at radius 2 is 2.25 bits per heavy atom. The van der Waals surface area contributed by atoms with Gasteiger partial charge in [0.2, 0.25) is 5.89 Å². The Morgan fingerprint density at radius 3 is 3.04 bits per heavy atom. The summed E-state index contributed by atoms with van der Waals surface area (Å²) in [7, 11) is 0. The zero-order valence-electron chi connectivity index (χ0n) is 13.2. The van der Waals surface area contributed by atoms with Crippen LogP contribution in [0.2, 0.25) is 0 Å². The summed E-state index contributed by atoms with van der Waals surface area (Å²) in [6.07, 6.45) is 3.90. The summed E-state index contributed by atoms with van der Waals surface area (Å²) in [5, 5.41) is 6.78. The predicted octanol–water partition coefficient (Wildman–Crippen LogP) is 3.18. The van der Waals surface area contributed by atoms with Crippen molar-refractivity contribution < 1.29 is 13.7 Å². The Labute approximate surface area is 139 Å². The number of halogens is 1. The molecule has 1 aliphatic carbocycles. The lowest BCUT2D eigenvalue weighted by Gasteiger charge is -2.17. The number of benzene rings is 1. The number of nitrogens with one attached hydrogen (secondary N) is 1. The lowest BCUT2D eigenvalue weighted by molar-refractivity contribution is 0.220. The SMILES string of the molecule is O=C(Nc1cccc(F)c1)N1CCC(Cc2noc(C3CC3)n2)C1. The van der Waals surface area contributed by atoms with Crippen molar-refractivity contribution in [3.8, 4) is 0 Å². The molecule has 0 bridgehead atoms. The Morgan fingerprint density at radius 1 is 1.38 bits per heavy atom. The minimum absolute atomic E-state index is 0.199. The van der Waals surface area contributed by atoms with E-state index in [4.69, 9.17) is 4.52 Å². The van der Waals surface area contributed by atoms with Crippen LogP contribution >= 0.6 is 0 Å². The fourth-order valence-corrected chi connectivity index (χ4v) is 3.06. The third kappa shape index (κ3) is 3.39. The molecular weight excluding hydrogens is 311 g/mol. The molecule has 2 aromatic rings. The van der Waals surface area contributed by atoms with Crippen molar-refractivity contribution in [3.05, 3.63) is 41.8 Å². The number of hydrogen-bond donors (Lipinski definition) is 1. The van der Waals surface area contributed by atoms with E-state index in [-0.39, 0.29) is 11.8 Å². The number of likely N-dealkylation sites (tertiary alicyclic amines) is 1. The molecule has 7 heteroatoms. The van der Waals surface area contributed by atoms with E-state index in [1.807, 2.05) is 0 Å². The summed E-state index contributed by atoms with van der Waals surface area (Å²) in [6.45, 7) is 1.33. The Hall–Kier alpha value is -2.44. The first-order valence-corrected chi connectivity index (χ1v) is 8.31. The highest BCUT2D eigenvalue weighted by Crippen LogP contribution is 2.39. The molecule has 4 rings (SSSR count). The van der Waals surface area contributed by atoms with Gasteiger partial charge in [0, 0.05) is 31.1 Å². The first-order chi connectivity index (χ1) is 11.7. The number of urea groups is 1. The molecule has 1 saturated heterocycles. The lowest BCUT2D eigenvalue weighted by atomic mass is 10.1. The molecule has 1 aromatic heterocycles. The van der Waals surface area contributed by atoms with Crippen molar-refractivity contribution in [2.24, 2.45) is 5.92 Å². The summed E-state index contributed by atoms with van der Waals surface area (Å²) < 4.78 is 18.4. The van der Waals surface area contributed by atoms with Gasteiger partial charge in [-0.1, -0.05) is 11.2 Å². The normalized spacial score (nSPS) is 20.4. The zero-order chi connectivity index (χ0) is 16.5. The summed E-state index contributed by atoms with van der Waals surface area (Å²) in [5.41, 5.74) is 0.468. The molecule has 1 N–H and O–H groups in total. The molecule has 0 radical (unpaired) electrons. The van der Waals surface area contributed by atoms with Crippen LogP contribution < -0.4 is 5.32 Å². The Balaban J connectivity index is 1.31. The minimum Gasteiger partial charge on any atom is -0.339 e. The summed E-state index contributed by atoms with van der Waals surface area (Å²) in [4.78, 5) is 18.5. The van der Waals surface area contributed by atoms with Crippen LogP contribution in [0.4, 0.5) is 14.9 Å². The molecular formula is C17H19FN4O2.